The Balaban J connectivity index is 1.72. The van der Waals surface area contributed by atoms with Gasteiger partial charge in [-0.3, -0.25) is 9.59 Å². The average Bonchev–Trinajstić information content (AvgIpc) is 3.38. The number of hydrogen-bond acceptors (Lipinski definition) is 4. The van der Waals surface area contributed by atoms with E-state index < -0.39 is 0 Å². The van der Waals surface area contributed by atoms with E-state index in [4.69, 9.17) is 16.3 Å². The van der Waals surface area contributed by atoms with Gasteiger partial charge in [-0.05, 0) is 50.3 Å². The molecule has 0 bridgehead atoms. The maximum absolute atomic E-state index is 12.9. The first-order chi connectivity index (χ1) is 13.2. The predicted octanol–water partition coefficient (Wildman–Crippen LogP) is 3.15. The molecule has 0 aromatic heterocycles. The molecule has 0 radical (unpaired) electrons. The van der Waals surface area contributed by atoms with Crippen LogP contribution in [0.5, 0.6) is 0 Å². The molecule has 2 aliphatic rings. The first-order valence-corrected chi connectivity index (χ1v) is 10.4. The molecule has 2 heterocycles. The van der Waals surface area contributed by atoms with Gasteiger partial charge in [0.05, 0.1) is 11.7 Å². The van der Waals surface area contributed by atoms with Crippen molar-refractivity contribution in [1.82, 2.24) is 5.32 Å². The molecule has 2 aliphatic heterocycles. The minimum absolute atomic E-state index is 0.0877. The SMILES string of the molecule is O=C(CCCCl)Nc1ccc(N2CCCC2)c(C(=O)NCC2CCCO2)c1. The molecular formula is C20H28ClN3O3. The molecule has 1 aromatic carbocycles. The molecule has 148 valence electrons. The molecular weight excluding hydrogens is 366 g/mol. The number of halogens is 1. The van der Waals surface area contributed by atoms with Crippen LogP contribution >= 0.6 is 11.6 Å². The van der Waals surface area contributed by atoms with E-state index in [2.05, 4.69) is 15.5 Å². The highest BCUT2D eigenvalue weighted by Crippen LogP contribution is 2.28. The Bertz CT molecular complexity index is 656. The van der Waals surface area contributed by atoms with Gasteiger partial charge < -0.3 is 20.3 Å². The quantitative estimate of drug-likeness (QED) is 0.665. The number of nitrogens with one attached hydrogen (secondary N) is 2. The summed E-state index contributed by atoms with van der Waals surface area (Å²) in [7, 11) is 0. The van der Waals surface area contributed by atoms with Crippen LogP contribution in [0.3, 0.4) is 0 Å². The van der Waals surface area contributed by atoms with Crippen LogP contribution in [0.15, 0.2) is 18.2 Å². The van der Waals surface area contributed by atoms with E-state index in [0.717, 1.165) is 51.1 Å². The lowest BCUT2D eigenvalue weighted by Crippen LogP contribution is -2.33. The van der Waals surface area contributed by atoms with Gasteiger partial charge in [0.15, 0.2) is 0 Å². The van der Waals surface area contributed by atoms with Crippen LogP contribution in [-0.2, 0) is 9.53 Å². The van der Waals surface area contributed by atoms with Gasteiger partial charge in [0.1, 0.15) is 0 Å². The van der Waals surface area contributed by atoms with Crippen molar-refractivity contribution >= 4 is 34.8 Å². The topological polar surface area (TPSA) is 70.7 Å². The number of carbonyl (C=O) groups excluding carboxylic acids is 2. The van der Waals surface area contributed by atoms with Gasteiger partial charge >= 0.3 is 0 Å². The number of benzene rings is 1. The van der Waals surface area contributed by atoms with Crippen molar-refractivity contribution in [2.24, 2.45) is 0 Å². The Labute approximate surface area is 165 Å². The highest BCUT2D eigenvalue weighted by Gasteiger charge is 2.22. The van der Waals surface area contributed by atoms with Crippen molar-refractivity contribution in [1.29, 1.82) is 0 Å². The zero-order chi connectivity index (χ0) is 19.1. The number of rotatable bonds is 8. The largest absolute Gasteiger partial charge is 0.376 e. The fourth-order valence-electron chi connectivity index (χ4n) is 3.59. The molecule has 3 rings (SSSR count). The molecule has 2 N–H and O–H groups in total. The summed E-state index contributed by atoms with van der Waals surface area (Å²) in [4.78, 5) is 27.1. The highest BCUT2D eigenvalue weighted by molar-refractivity contribution is 6.18. The Kier molecular flexibility index (Phi) is 7.35. The molecule has 0 aliphatic carbocycles. The number of amides is 2. The first kappa shape index (κ1) is 20.0. The molecule has 2 fully saturated rings. The third-order valence-electron chi connectivity index (χ3n) is 5.02. The van der Waals surface area contributed by atoms with Gasteiger partial charge in [0.25, 0.3) is 5.91 Å². The maximum Gasteiger partial charge on any atom is 0.253 e. The Morgan fingerprint density at radius 1 is 1.22 bits per heavy atom. The second kappa shape index (κ2) is 9.95. The standard InChI is InChI=1S/C20H28ClN3O3/c21-9-3-6-19(25)23-15-7-8-18(24-10-1-2-11-24)17(13-15)20(26)22-14-16-5-4-12-27-16/h7-8,13,16H,1-6,9-12,14H2,(H,22,26)(H,23,25). The summed E-state index contributed by atoms with van der Waals surface area (Å²) in [5.74, 6) is 0.248. The van der Waals surface area contributed by atoms with Crippen molar-refractivity contribution < 1.29 is 14.3 Å². The Morgan fingerprint density at radius 3 is 2.74 bits per heavy atom. The number of anilines is 2. The molecule has 1 atom stereocenters. The number of hydrogen-bond donors (Lipinski definition) is 2. The van der Waals surface area contributed by atoms with Gasteiger partial charge in [-0.1, -0.05) is 0 Å². The summed E-state index contributed by atoms with van der Waals surface area (Å²) in [6, 6.07) is 5.57. The second-order valence-electron chi connectivity index (χ2n) is 7.11. The van der Waals surface area contributed by atoms with Crippen molar-refractivity contribution in [3.8, 4) is 0 Å². The third-order valence-corrected chi connectivity index (χ3v) is 5.29. The van der Waals surface area contributed by atoms with Gasteiger partial charge in [0.2, 0.25) is 5.91 Å². The van der Waals surface area contributed by atoms with E-state index in [-0.39, 0.29) is 17.9 Å². The third kappa shape index (κ3) is 5.59. The molecule has 1 unspecified atom stereocenters. The summed E-state index contributed by atoms with van der Waals surface area (Å²) in [6.07, 6.45) is 5.40. The fraction of sp³-hybridized carbons (Fsp3) is 0.600. The maximum atomic E-state index is 12.9. The lowest BCUT2D eigenvalue weighted by molar-refractivity contribution is -0.116. The lowest BCUT2D eigenvalue weighted by Gasteiger charge is -2.22. The van der Waals surface area contributed by atoms with Crippen LogP contribution in [0.1, 0.15) is 48.9 Å². The summed E-state index contributed by atoms with van der Waals surface area (Å²) >= 11 is 5.65. The molecule has 0 saturated carbocycles. The number of nitrogens with zero attached hydrogens (tertiary/aromatic N) is 1. The van der Waals surface area contributed by atoms with Crippen LogP contribution in [0.4, 0.5) is 11.4 Å². The predicted molar refractivity (Wildman–Crippen MR) is 108 cm³/mol. The molecule has 1 aromatic rings. The van der Waals surface area contributed by atoms with Gasteiger partial charge in [-0.25, -0.2) is 0 Å². The zero-order valence-electron chi connectivity index (χ0n) is 15.6. The van der Waals surface area contributed by atoms with Crippen molar-refractivity contribution in [3.63, 3.8) is 0 Å². The van der Waals surface area contributed by atoms with E-state index in [1.165, 1.54) is 0 Å². The molecule has 0 spiro atoms. The van der Waals surface area contributed by atoms with Crippen LogP contribution in [0.2, 0.25) is 0 Å². The molecule has 2 amide bonds. The van der Waals surface area contributed by atoms with Crippen molar-refractivity contribution in [2.75, 3.05) is 42.3 Å². The van der Waals surface area contributed by atoms with E-state index in [1.54, 1.807) is 6.07 Å². The Morgan fingerprint density at radius 2 is 2.04 bits per heavy atom. The van der Waals surface area contributed by atoms with E-state index >= 15 is 0 Å². The van der Waals surface area contributed by atoms with E-state index in [1.807, 2.05) is 12.1 Å². The molecule has 7 heteroatoms. The number of ether oxygens (including phenoxy) is 1. The summed E-state index contributed by atoms with van der Waals surface area (Å²) in [5.41, 5.74) is 2.17. The van der Waals surface area contributed by atoms with Gasteiger partial charge in [-0.2, -0.15) is 0 Å². The van der Waals surface area contributed by atoms with Crippen molar-refractivity contribution in [3.05, 3.63) is 23.8 Å². The molecule has 6 nitrogen and oxygen atoms in total. The molecule has 27 heavy (non-hydrogen) atoms. The van der Waals surface area contributed by atoms with Crippen LogP contribution < -0.4 is 15.5 Å². The first-order valence-electron chi connectivity index (χ1n) is 9.82. The number of alkyl halides is 1. The van der Waals surface area contributed by atoms with Gasteiger partial charge in [0, 0.05) is 49.9 Å². The monoisotopic (exact) mass is 393 g/mol. The average molecular weight is 394 g/mol. The van der Waals surface area contributed by atoms with Crippen LogP contribution in [-0.4, -0.2) is 50.0 Å². The second-order valence-corrected chi connectivity index (χ2v) is 7.49. The van der Waals surface area contributed by atoms with Crippen LogP contribution in [0.25, 0.3) is 0 Å². The summed E-state index contributed by atoms with van der Waals surface area (Å²) < 4.78 is 5.59. The van der Waals surface area contributed by atoms with Crippen molar-refractivity contribution in [2.45, 2.75) is 44.6 Å². The van der Waals surface area contributed by atoms with Crippen LogP contribution in [0, 0.1) is 0 Å². The minimum Gasteiger partial charge on any atom is -0.376 e. The zero-order valence-corrected chi connectivity index (χ0v) is 16.4. The smallest absolute Gasteiger partial charge is 0.253 e. The Hall–Kier alpha value is -1.79. The van der Waals surface area contributed by atoms with E-state index in [0.29, 0.717) is 36.5 Å². The van der Waals surface area contributed by atoms with Gasteiger partial charge in [-0.15, -0.1) is 11.6 Å². The normalized spacial score (nSPS) is 19.3. The number of carbonyl (C=O) groups is 2. The molecule has 2 saturated heterocycles. The fourth-order valence-corrected chi connectivity index (χ4v) is 3.72. The highest BCUT2D eigenvalue weighted by atomic mass is 35.5. The lowest BCUT2D eigenvalue weighted by atomic mass is 10.1. The van der Waals surface area contributed by atoms with E-state index in [9.17, 15) is 9.59 Å². The minimum atomic E-state index is -0.121. The summed E-state index contributed by atoms with van der Waals surface area (Å²) in [5, 5.41) is 5.87. The summed E-state index contributed by atoms with van der Waals surface area (Å²) in [6.45, 7) is 3.19.